The van der Waals surface area contributed by atoms with E-state index in [0.29, 0.717) is 0 Å². The van der Waals surface area contributed by atoms with Crippen molar-refractivity contribution in [3.8, 4) is 5.69 Å². The summed E-state index contributed by atoms with van der Waals surface area (Å²) in [7, 11) is 0. The smallest absolute Gasteiger partial charge is 0.0640 e. The van der Waals surface area contributed by atoms with E-state index in [1.807, 2.05) is 22.7 Å². The monoisotopic (exact) mass is 405 g/mol. The second-order valence-corrected chi connectivity index (χ2v) is 9.43. The Morgan fingerprint density at radius 2 is 1.41 bits per heavy atom. The van der Waals surface area contributed by atoms with Crippen molar-refractivity contribution >= 4 is 74.7 Å². The average Bonchev–Trinajstić information content (AvgIpc) is 3.45. The van der Waals surface area contributed by atoms with Gasteiger partial charge in [-0.3, -0.25) is 0 Å². The highest BCUT2D eigenvalue weighted by atomic mass is 32.1. The molecule has 0 atom stereocenters. The summed E-state index contributed by atoms with van der Waals surface area (Å²) in [5, 5.41) is 8.82. The molecule has 136 valence electrons. The van der Waals surface area contributed by atoms with Crippen LogP contribution in [0.3, 0.4) is 0 Å². The summed E-state index contributed by atoms with van der Waals surface area (Å²) in [5.41, 5.74) is 3.82. The van der Waals surface area contributed by atoms with Crippen LogP contribution in [0.1, 0.15) is 0 Å². The zero-order chi connectivity index (χ0) is 18.9. The lowest BCUT2D eigenvalue weighted by Crippen LogP contribution is -1.93. The molecule has 1 nitrogen and oxygen atoms in total. The quantitative estimate of drug-likeness (QED) is 0.258. The Hall–Kier alpha value is -3.14. The van der Waals surface area contributed by atoms with Crippen LogP contribution in [0, 0.1) is 0 Å². The van der Waals surface area contributed by atoms with Gasteiger partial charge in [0.05, 0.1) is 21.4 Å². The largest absolute Gasteiger partial charge is 0.308 e. The molecular weight excluding hydrogens is 390 g/mol. The lowest BCUT2D eigenvalue weighted by atomic mass is 10.1. The van der Waals surface area contributed by atoms with Gasteiger partial charge in [0.1, 0.15) is 0 Å². The topological polar surface area (TPSA) is 4.93 Å². The van der Waals surface area contributed by atoms with E-state index >= 15 is 0 Å². The van der Waals surface area contributed by atoms with Gasteiger partial charge in [0.2, 0.25) is 0 Å². The van der Waals surface area contributed by atoms with E-state index in [0.717, 1.165) is 0 Å². The molecule has 0 saturated carbocycles. The van der Waals surface area contributed by atoms with E-state index in [1.165, 1.54) is 57.8 Å². The van der Waals surface area contributed by atoms with Crippen LogP contribution in [0.25, 0.3) is 57.8 Å². The molecule has 0 radical (unpaired) electrons. The summed E-state index contributed by atoms with van der Waals surface area (Å²) < 4.78 is 6.50. The van der Waals surface area contributed by atoms with Gasteiger partial charge in [-0.15, -0.1) is 22.7 Å². The molecule has 3 heteroatoms. The summed E-state index contributed by atoms with van der Waals surface area (Å²) in [4.78, 5) is 0. The standard InChI is InChI=1S/C26H15NS2/c1-3-9-21-17(6-1)20-15-25-16(12-13-28-25)14-23(20)27(21)22-10-5-8-19-18-7-2-4-11-24(18)29-26(19)22/h1-15H. The number of fused-ring (bicyclic) bond motifs is 7. The van der Waals surface area contributed by atoms with E-state index in [2.05, 4.69) is 94.9 Å². The van der Waals surface area contributed by atoms with Gasteiger partial charge in [0.15, 0.2) is 0 Å². The van der Waals surface area contributed by atoms with Crippen LogP contribution in [0.2, 0.25) is 0 Å². The molecule has 0 aliphatic carbocycles. The SMILES string of the molecule is c1ccc2c(c1)sc1c(-n3c4ccccc4c4cc5sccc5cc43)cccc12. The third-order valence-electron chi connectivity index (χ3n) is 5.87. The van der Waals surface area contributed by atoms with E-state index in [1.54, 1.807) is 0 Å². The van der Waals surface area contributed by atoms with Gasteiger partial charge in [-0.1, -0.05) is 48.5 Å². The van der Waals surface area contributed by atoms with Crippen LogP contribution >= 0.6 is 22.7 Å². The normalized spacial score (nSPS) is 12.1. The van der Waals surface area contributed by atoms with E-state index in [-0.39, 0.29) is 0 Å². The molecule has 0 unspecified atom stereocenters. The fourth-order valence-corrected chi connectivity index (χ4v) is 6.61. The summed E-state index contributed by atoms with van der Waals surface area (Å²) in [6.45, 7) is 0. The number of aromatic nitrogens is 1. The summed E-state index contributed by atoms with van der Waals surface area (Å²) in [5.74, 6) is 0. The van der Waals surface area contributed by atoms with Crippen LogP contribution in [0.5, 0.6) is 0 Å². The molecule has 7 rings (SSSR count). The lowest BCUT2D eigenvalue weighted by Gasteiger charge is -2.09. The van der Waals surface area contributed by atoms with Crippen molar-refractivity contribution in [1.29, 1.82) is 0 Å². The van der Waals surface area contributed by atoms with Gasteiger partial charge in [-0.2, -0.15) is 0 Å². The number of benzene rings is 4. The van der Waals surface area contributed by atoms with E-state index in [4.69, 9.17) is 0 Å². The molecule has 0 aliphatic rings. The first-order valence-corrected chi connectivity index (χ1v) is 11.4. The summed E-state index contributed by atoms with van der Waals surface area (Å²) in [6, 6.07) is 31.2. The first-order chi connectivity index (χ1) is 14.4. The average molecular weight is 406 g/mol. The van der Waals surface area contributed by atoms with Crippen LogP contribution in [-0.4, -0.2) is 4.57 Å². The molecule has 0 spiro atoms. The van der Waals surface area contributed by atoms with Crippen molar-refractivity contribution in [1.82, 2.24) is 4.57 Å². The van der Waals surface area contributed by atoms with Crippen molar-refractivity contribution < 1.29 is 0 Å². The number of nitrogens with zero attached hydrogens (tertiary/aromatic N) is 1. The molecule has 4 aromatic carbocycles. The van der Waals surface area contributed by atoms with Crippen LogP contribution < -0.4 is 0 Å². The molecule has 0 aliphatic heterocycles. The highest BCUT2D eigenvalue weighted by Crippen LogP contribution is 2.41. The Labute approximate surface area is 175 Å². The number of hydrogen-bond donors (Lipinski definition) is 0. The fraction of sp³-hybridized carbons (Fsp3) is 0. The maximum absolute atomic E-state index is 2.46. The van der Waals surface area contributed by atoms with Gasteiger partial charge >= 0.3 is 0 Å². The van der Waals surface area contributed by atoms with Crippen molar-refractivity contribution in [3.05, 3.63) is 90.3 Å². The number of thiophene rings is 2. The molecule has 0 amide bonds. The maximum atomic E-state index is 2.46. The molecule has 0 fully saturated rings. The van der Waals surface area contributed by atoms with Crippen LogP contribution in [-0.2, 0) is 0 Å². The van der Waals surface area contributed by atoms with Crippen LogP contribution in [0.4, 0.5) is 0 Å². The number of rotatable bonds is 1. The molecule has 3 aromatic heterocycles. The maximum Gasteiger partial charge on any atom is 0.0640 e. The van der Waals surface area contributed by atoms with Gasteiger partial charge in [0, 0.05) is 30.9 Å². The number of para-hydroxylation sites is 1. The third-order valence-corrected chi connectivity index (χ3v) is 7.96. The number of hydrogen-bond acceptors (Lipinski definition) is 2. The zero-order valence-electron chi connectivity index (χ0n) is 15.4. The van der Waals surface area contributed by atoms with E-state index < -0.39 is 0 Å². The Balaban J connectivity index is 1.71. The summed E-state index contributed by atoms with van der Waals surface area (Å²) >= 11 is 3.70. The Kier molecular flexibility index (Phi) is 3.09. The second kappa shape index (κ2) is 5.69. The minimum Gasteiger partial charge on any atom is -0.308 e. The van der Waals surface area contributed by atoms with E-state index in [9.17, 15) is 0 Å². The first-order valence-electron chi connectivity index (χ1n) is 9.69. The summed E-state index contributed by atoms with van der Waals surface area (Å²) in [6.07, 6.45) is 0. The highest BCUT2D eigenvalue weighted by Gasteiger charge is 2.16. The predicted octanol–water partition coefficient (Wildman–Crippen LogP) is 8.37. The zero-order valence-corrected chi connectivity index (χ0v) is 17.1. The van der Waals surface area contributed by atoms with Crippen LogP contribution in [0.15, 0.2) is 90.3 Å². The van der Waals surface area contributed by atoms with Gasteiger partial charge < -0.3 is 4.57 Å². The van der Waals surface area contributed by atoms with Crippen molar-refractivity contribution in [2.45, 2.75) is 0 Å². The predicted molar refractivity (Wildman–Crippen MR) is 129 cm³/mol. The molecule has 29 heavy (non-hydrogen) atoms. The second-order valence-electron chi connectivity index (χ2n) is 7.43. The highest BCUT2D eigenvalue weighted by molar-refractivity contribution is 7.26. The van der Waals surface area contributed by atoms with Crippen molar-refractivity contribution in [3.63, 3.8) is 0 Å². The van der Waals surface area contributed by atoms with Gasteiger partial charge in [-0.25, -0.2) is 0 Å². The minimum atomic E-state index is 1.27. The lowest BCUT2D eigenvalue weighted by molar-refractivity contribution is 1.20. The molecule has 7 aromatic rings. The molecule has 0 bridgehead atoms. The molecule has 3 heterocycles. The van der Waals surface area contributed by atoms with Gasteiger partial charge in [0.25, 0.3) is 0 Å². The molecule has 0 saturated heterocycles. The fourth-order valence-electron chi connectivity index (χ4n) is 4.59. The minimum absolute atomic E-state index is 1.27. The third kappa shape index (κ3) is 2.09. The Morgan fingerprint density at radius 1 is 0.586 bits per heavy atom. The van der Waals surface area contributed by atoms with Crippen molar-refractivity contribution in [2.24, 2.45) is 0 Å². The van der Waals surface area contributed by atoms with Crippen molar-refractivity contribution in [2.75, 3.05) is 0 Å². The first kappa shape index (κ1) is 15.7. The van der Waals surface area contributed by atoms with Gasteiger partial charge in [-0.05, 0) is 47.2 Å². The Morgan fingerprint density at radius 3 is 2.38 bits per heavy atom. The Bertz CT molecular complexity index is 1710. The molecule has 0 N–H and O–H groups in total. The molecular formula is C26H15NS2.